The van der Waals surface area contributed by atoms with E-state index in [-0.39, 0.29) is 23.7 Å². The van der Waals surface area contributed by atoms with Gasteiger partial charge in [-0.05, 0) is 30.7 Å². The molecule has 1 heterocycles. The van der Waals surface area contributed by atoms with Crippen LogP contribution >= 0.6 is 0 Å². The number of carbonyl (C=O) groups excluding carboxylic acids is 2. The van der Waals surface area contributed by atoms with Gasteiger partial charge in [-0.2, -0.15) is 10.4 Å². The maximum absolute atomic E-state index is 14.5. The van der Waals surface area contributed by atoms with Crippen molar-refractivity contribution in [1.82, 2.24) is 20.4 Å². The summed E-state index contributed by atoms with van der Waals surface area (Å²) in [6.07, 6.45) is 2.08. The minimum absolute atomic E-state index is 0.0455. The number of halogens is 1. The molecule has 31 heavy (non-hydrogen) atoms. The summed E-state index contributed by atoms with van der Waals surface area (Å²) in [5.74, 6) is -1.41. The molecule has 0 spiro atoms. The Bertz CT molecular complexity index is 958. The molecule has 1 atom stereocenters. The zero-order valence-electron chi connectivity index (χ0n) is 18.2. The van der Waals surface area contributed by atoms with Gasteiger partial charge in [-0.15, -0.1) is 0 Å². The number of benzene rings is 1. The smallest absolute Gasteiger partial charge is 0.273 e. The minimum Gasteiger partial charge on any atom is -0.396 e. The normalized spacial score (nSPS) is 12.4. The molecule has 1 aromatic heterocycles. The first-order chi connectivity index (χ1) is 14.7. The zero-order valence-corrected chi connectivity index (χ0v) is 18.2. The number of aliphatic hydroxyl groups is 1. The van der Waals surface area contributed by atoms with Crippen LogP contribution in [0.15, 0.2) is 18.2 Å². The molecule has 0 aliphatic carbocycles. The molecule has 0 fully saturated rings. The molecule has 1 unspecified atom stereocenters. The third-order valence-corrected chi connectivity index (χ3v) is 4.88. The molecule has 8 nitrogen and oxygen atoms in total. The molecule has 0 aliphatic heterocycles. The Morgan fingerprint density at radius 1 is 1.29 bits per heavy atom. The Morgan fingerprint density at radius 2 is 2.03 bits per heavy atom. The van der Waals surface area contributed by atoms with E-state index in [1.54, 1.807) is 6.07 Å². The lowest BCUT2D eigenvalue weighted by Crippen LogP contribution is -2.53. The van der Waals surface area contributed by atoms with Crippen molar-refractivity contribution in [3.05, 3.63) is 29.7 Å². The molecule has 2 aromatic rings. The summed E-state index contributed by atoms with van der Waals surface area (Å²) in [6.45, 7) is 6.11. The fourth-order valence-corrected chi connectivity index (χ4v) is 3.26. The summed E-state index contributed by atoms with van der Waals surface area (Å²) in [5.41, 5.74) is -0.309. The summed E-state index contributed by atoms with van der Waals surface area (Å²) in [4.78, 5) is 25.7. The maximum atomic E-state index is 14.5. The second kappa shape index (κ2) is 10.9. The predicted molar refractivity (Wildman–Crippen MR) is 115 cm³/mol. The first-order valence-electron chi connectivity index (χ1n) is 10.4. The monoisotopic (exact) mass is 431 g/mol. The zero-order chi connectivity index (χ0) is 23.0. The van der Waals surface area contributed by atoms with Crippen LogP contribution in [0.2, 0.25) is 0 Å². The molecule has 168 valence electrons. The number of aromatic nitrogens is 2. The lowest BCUT2D eigenvalue weighted by atomic mass is 9.86. The number of carbonyl (C=O) groups is 2. The Labute approximate surface area is 181 Å². The number of nitrogens with one attached hydrogen (secondary N) is 2. The first-order valence-corrected chi connectivity index (χ1v) is 10.4. The fraction of sp³-hybridized carbons (Fsp3) is 0.545. The van der Waals surface area contributed by atoms with E-state index >= 15 is 0 Å². The van der Waals surface area contributed by atoms with Crippen molar-refractivity contribution in [2.24, 2.45) is 5.41 Å². The quantitative estimate of drug-likeness (QED) is 0.499. The van der Waals surface area contributed by atoms with E-state index < -0.39 is 23.2 Å². The highest BCUT2D eigenvalue weighted by Crippen LogP contribution is 2.24. The van der Waals surface area contributed by atoms with Gasteiger partial charge in [0.25, 0.3) is 5.91 Å². The Hall–Kier alpha value is -2.99. The largest absolute Gasteiger partial charge is 0.396 e. The molecule has 0 bridgehead atoms. The number of hydrogen-bond acceptors (Lipinski definition) is 5. The average Bonchev–Trinajstić information content (AvgIpc) is 3.08. The third kappa shape index (κ3) is 6.25. The van der Waals surface area contributed by atoms with Crippen LogP contribution in [0.4, 0.5) is 4.39 Å². The number of amides is 2. The van der Waals surface area contributed by atoms with Gasteiger partial charge < -0.3 is 15.7 Å². The topological polar surface area (TPSA) is 120 Å². The van der Waals surface area contributed by atoms with Crippen LogP contribution in [0, 0.1) is 22.6 Å². The van der Waals surface area contributed by atoms with Gasteiger partial charge in [0.1, 0.15) is 17.4 Å². The number of unbranched alkanes of at least 4 members (excludes halogenated alkanes) is 2. The van der Waals surface area contributed by atoms with Gasteiger partial charge in [0.15, 0.2) is 5.69 Å². The van der Waals surface area contributed by atoms with E-state index in [4.69, 9.17) is 10.4 Å². The Morgan fingerprint density at radius 3 is 2.68 bits per heavy atom. The number of nitriles is 1. The Kier molecular flexibility index (Phi) is 8.51. The van der Waals surface area contributed by atoms with Crippen LogP contribution in [-0.2, 0) is 11.3 Å². The second-order valence-corrected chi connectivity index (χ2v) is 8.46. The van der Waals surface area contributed by atoms with E-state index in [0.717, 1.165) is 0 Å². The number of aryl methyl sites for hydroxylation is 1. The Balaban J connectivity index is 2.30. The summed E-state index contributed by atoms with van der Waals surface area (Å²) >= 11 is 0. The van der Waals surface area contributed by atoms with Crippen molar-refractivity contribution in [3.8, 4) is 6.07 Å². The molecule has 2 rings (SSSR count). The number of aliphatic hydroxyl groups excluding tert-OH is 1. The highest BCUT2D eigenvalue weighted by atomic mass is 19.1. The molecule has 0 saturated heterocycles. The van der Waals surface area contributed by atoms with E-state index in [9.17, 15) is 14.0 Å². The average molecular weight is 432 g/mol. The number of nitrogens with zero attached hydrogens (tertiary/aromatic N) is 3. The van der Waals surface area contributed by atoms with Crippen molar-refractivity contribution >= 4 is 22.7 Å². The summed E-state index contributed by atoms with van der Waals surface area (Å²) in [7, 11) is 0. The summed E-state index contributed by atoms with van der Waals surface area (Å²) < 4.78 is 16.0. The SMILES string of the molecule is CC(C)(C)C(NC(=O)c1nn(CCCCC#N)c2c(F)cccc12)C(=O)NCCCO. The van der Waals surface area contributed by atoms with Crippen molar-refractivity contribution < 1.29 is 19.1 Å². The van der Waals surface area contributed by atoms with Gasteiger partial charge in [0.05, 0.1) is 6.07 Å². The molecule has 2 amide bonds. The lowest BCUT2D eigenvalue weighted by molar-refractivity contribution is -0.125. The van der Waals surface area contributed by atoms with Crippen LogP contribution in [0.1, 0.15) is 56.9 Å². The van der Waals surface area contributed by atoms with Crippen LogP contribution in [-0.4, -0.2) is 45.9 Å². The molecule has 3 N–H and O–H groups in total. The number of rotatable bonds is 10. The molecular weight excluding hydrogens is 401 g/mol. The van der Waals surface area contributed by atoms with E-state index in [0.29, 0.717) is 44.2 Å². The van der Waals surface area contributed by atoms with Gasteiger partial charge in [-0.1, -0.05) is 32.9 Å². The van der Waals surface area contributed by atoms with Gasteiger partial charge >= 0.3 is 0 Å². The molecule has 0 aliphatic rings. The first kappa shape index (κ1) is 24.3. The molecule has 0 radical (unpaired) electrons. The number of fused-ring (bicyclic) bond motifs is 1. The molecule has 1 aromatic carbocycles. The maximum Gasteiger partial charge on any atom is 0.273 e. The molecule has 9 heteroatoms. The molecule has 0 saturated carbocycles. The lowest BCUT2D eigenvalue weighted by Gasteiger charge is -2.30. The van der Waals surface area contributed by atoms with Crippen LogP contribution in [0.25, 0.3) is 10.9 Å². The van der Waals surface area contributed by atoms with Crippen LogP contribution in [0.5, 0.6) is 0 Å². The van der Waals surface area contributed by atoms with E-state index in [1.807, 2.05) is 20.8 Å². The second-order valence-electron chi connectivity index (χ2n) is 8.46. The van der Waals surface area contributed by atoms with E-state index in [2.05, 4.69) is 21.8 Å². The third-order valence-electron chi connectivity index (χ3n) is 4.88. The van der Waals surface area contributed by atoms with Crippen LogP contribution < -0.4 is 10.6 Å². The van der Waals surface area contributed by atoms with Gasteiger partial charge in [-0.3, -0.25) is 14.3 Å². The summed E-state index contributed by atoms with van der Waals surface area (Å²) in [6, 6.07) is 5.67. The number of hydrogen-bond donors (Lipinski definition) is 3. The molecular formula is C22H30FN5O3. The van der Waals surface area contributed by atoms with Crippen molar-refractivity contribution in [3.63, 3.8) is 0 Å². The standard InChI is InChI=1S/C22H30FN5O3/c1-22(2,3)19(21(31)25-12-8-14-29)26-20(30)17-15-9-7-10-16(23)18(15)28(27-17)13-6-4-5-11-24/h7,9-10,19,29H,4-6,8,12-14H2,1-3H3,(H,25,31)(H,26,30). The van der Waals surface area contributed by atoms with Crippen molar-refractivity contribution in [1.29, 1.82) is 5.26 Å². The summed E-state index contributed by atoms with van der Waals surface area (Å²) in [5, 5.41) is 27.8. The van der Waals surface area contributed by atoms with Gasteiger partial charge in [-0.25, -0.2) is 4.39 Å². The van der Waals surface area contributed by atoms with E-state index in [1.165, 1.54) is 16.8 Å². The van der Waals surface area contributed by atoms with Crippen LogP contribution in [0.3, 0.4) is 0 Å². The highest BCUT2D eigenvalue weighted by molar-refractivity contribution is 6.06. The minimum atomic E-state index is -0.844. The van der Waals surface area contributed by atoms with Gasteiger partial charge in [0.2, 0.25) is 5.91 Å². The predicted octanol–water partition coefficient (Wildman–Crippen LogP) is 2.51. The fourth-order valence-electron chi connectivity index (χ4n) is 3.26. The number of para-hydroxylation sites is 1. The van der Waals surface area contributed by atoms with Gasteiger partial charge in [0, 0.05) is 31.5 Å². The van der Waals surface area contributed by atoms with Crippen molar-refractivity contribution in [2.45, 2.75) is 59.0 Å². The van der Waals surface area contributed by atoms with Crippen molar-refractivity contribution in [2.75, 3.05) is 13.2 Å². The highest BCUT2D eigenvalue weighted by Gasteiger charge is 2.34.